The number of unbranched alkanes of at least 4 members (excludes halogenated alkanes) is 2. The molecule has 0 bridgehead atoms. The molecule has 3 heteroatoms. The van der Waals surface area contributed by atoms with Gasteiger partial charge in [-0.3, -0.25) is 4.90 Å². The van der Waals surface area contributed by atoms with E-state index < -0.39 is 0 Å². The van der Waals surface area contributed by atoms with Gasteiger partial charge in [0.25, 0.3) is 0 Å². The summed E-state index contributed by atoms with van der Waals surface area (Å²) in [7, 11) is 3.88. The van der Waals surface area contributed by atoms with E-state index in [2.05, 4.69) is 37.9 Å². The summed E-state index contributed by atoms with van der Waals surface area (Å²) in [6.45, 7) is 6.04. The van der Waals surface area contributed by atoms with Gasteiger partial charge in [-0.1, -0.05) is 44.4 Å². The van der Waals surface area contributed by atoms with E-state index in [4.69, 9.17) is 10.5 Å². The number of benzene rings is 1. The molecule has 3 nitrogen and oxygen atoms in total. The van der Waals surface area contributed by atoms with Gasteiger partial charge < -0.3 is 10.5 Å². The van der Waals surface area contributed by atoms with Crippen molar-refractivity contribution in [2.45, 2.75) is 51.6 Å². The van der Waals surface area contributed by atoms with Crippen LogP contribution in [0.15, 0.2) is 24.3 Å². The highest BCUT2D eigenvalue weighted by Gasteiger charge is 2.27. The van der Waals surface area contributed by atoms with Crippen LogP contribution >= 0.6 is 0 Å². The van der Waals surface area contributed by atoms with Crippen LogP contribution in [0.2, 0.25) is 0 Å². The molecule has 1 atom stereocenters. The topological polar surface area (TPSA) is 38.5 Å². The van der Waals surface area contributed by atoms with Gasteiger partial charge in [-0.2, -0.15) is 0 Å². The van der Waals surface area contributed by atoms with Crippen LogP contribution < -0.4 is 10.5 Å². The van der Waals surface area contributed by atoms with Crippen molar-refractivity contribution in [2.24, 2.45) is 5.73 Å². The zero-order valence-electron chi connectivity index (χ0n) is 13.5. The zero-order chi connectivity index (χ0) is 15.0. The van der Waals surface area contributed by atoms with Crippen LogP contribution in [0, 0.1) is 0 Å². The Bertz CT molecular complexity index is 394. The fraction of sp³-hybridized carbons (Fsp3) is 0.647. The van der Waals surface area contributed by atoms with Crippen molar-refractivity contribution in [3.8, 4) is 5.75 Å². The maximum absolute atomic E-state index is 6.04. The minimum absolute atomic E-state index is 0.0516. The second-order valence-electron chi connectivity index (χ2n) is 5.83. The predicted molar refractivity (Wildman–Crippen MR) is 86.1 cm³/mol. The summed E-state index contributed by atoms with van der Waals surface area (Å²) in [5.74, 6) is 0.951. The third-order valence-corrected chi connectivity index (χ3v) is 4.28. The number of nitrogens with two attached hydrogens (primary N) is 1. The van der Waals surface area contributed by atoms with Crippen molar-refractivity contribution >= 4 is 0 Å². The van der Waals surface area contributed by atoms with Gasteiger partial charge in [-0.25, -0.2) is 0 Å². The summed E-state index contributed by atoms with van der Waals surface area (Å²) in [5, 5.41) is 0. The molecule has 0 aromatic heterocycles. The summed E-state index contributed by atoms with van der Waals surface area (Å²) in [6, 6.07) is 8.20. The van der Waals surface area contributed by atoms with E-state index in [9.17, 15) is 0 Å². The molecule has 0 aliphatic rings. The summed E-state index contributed by atoms with van der Waals surface area (Å²) >= 11 is 0. The molecule has 20 heavy (non-hydrogen) atoms. The van der Waals surface area contributed by atoms with Crippen LogP contribution in [0.4, 0.5) is 0 Å². The average molecular weight is 278 g/mol. The predicted octanol–water partition coefficient (Wildman–Crippen LogP) is 3.42. The molecule has 2 N–H and O–H groups in total. The highest BCUT2D eigenvalue weighted by atomic mass is 16.5. The van der Waals surface area contributed by atoms with Gasteiger partial charge in [-0.15, -0.1) is 0 Å². The van der Waals surface area contributed by atoms with E-state index >= 15 is 0 Å². The van der Waals surface area contributed by atoms with Gasteiger partial charge in [0, 0.05) is 24.2 Å². The van der Waals surface area contributed by atoms with Crippen molar-refractivity contribution < 1.29 is 4.74 Å². The zero-order valence-corrected chi connectivity index (χ0v) is 13.5. The largest absolute Gasteiger partial charge is 0.496 e. The van der Waals surface area contributed by atoms with E-state index in [0.29, 0.717) is 6.54 Å². The third-order valence-electron chi connectivity index (χ3n) is 4.28. The molecule has 0 aliphatic carbocycles. The molecule has 114 valence electrons. The van der Waals surface area contributed by atoms with Crippen molar-refractivity contribution in [3.05, 3.63) is 29.8 Å². The molecular weight excluding hydrogens is 248 g/mol. The van der Waals surface area contributed by atoms with Crippen LogP contribution in [0.1, 0.15) is 45.1 Å². The van der Waals surface area contributed by atoms with Crippen molar-refractivity contribution in [2.75, 3.05) is 20.7 Å². The van der Waals surface area contributed by atoms with Gasteiger partial charge in [0.15, 0.2) is 0 Å². The molecule has 1 unspecified atom stereocenters. The molecule has 0 saturated carbocycles. The van der Waals surface area contributed by atoms with Crippen LogP contribution in [0.3, 0.4) is 0 Å². The lowest BCUT2D eigenvalue weighted by Crippen LogP contribution is -2.49. The highest BCUT2D eigenvalue weighted by molar-refractivity contribution is 5.33. The van der Waals surface area contributed by atoms with Crippen molar-refractivity contribution in [1.82, 2.24) is 4.90 Å². The van der Waals surface area contributed by atoms with Crippen molar-refractivity contribution in [1.29, 1.82) is 0 Å². The smallest absolute Gasteiger partial charge is 0.123 e. The Balaban J connectivity index is 2.73. The Hall–Kier alpha value is -1.06. The summed E-state index contributed by atoms with van der Waals surface area (Å²) in [6.07, 6.45) is 4.90. The Morgan fingerprint density at radius 3 is 2.55 bits per heavy atom. The van der Waals surface area contributed by atoms with Gasteiger partial charge in [-0.05, 0) is 26.5 Å². The lowest BCUT2D eigenvalue weighted by atomic mass is 9.92. The van der Waals surface area contributed by atoms with E-state index in [-0.39, 0.29) is 5.54 Å². The number of hydrogen-bond acceptors (Lipinski definition) is 3. The molecule has 0 aliphatic heterocycles. The Morgan fingerprint density at radius 1 is 1.25 bits per heavy atom. The molecule has 0 saturated heterocycles. The molecular formula is C17H30N2O. The van der Waals surface area contributed by atoms with E-state index in [1.54, 1.807) is 7.11 Å². The maximum atomic E-state index is 6.04. The fourth-order valence-corrected chi connectivity index (χ4v) is 2.48. The first-order valence-electron chi connectivity index (χ1n) is 7.60. The number of methoxy groups -OCH3 is 1. The first-order valence-corrected chi connectivity index (χ1v) is 7.60. The number of para-hydroxylation sites is 1. The molecule has 0 spiro atoms. The molecule has 1 aromatic rings. The molecule has 0 radical (unpaired) electrons. The Kier molecular flexibility index (Phi) is 7.03. The lowest BCUT2D eigenvalue weighted by Gasteiger charge is -2.38. The quantitative estimate of drug-likeness (QED) is 0.703. The average Bonchev–Trinajstić information content (AvgIpc) is 2.47. The lowest BCUT2D eigenvalue weighted by molar-refractivity contribution is 0.121. The minimum Gasteiger partial charge on any atom is -0.496 e. The van der Waals surface area contributed by atoms with E-state index in [1.807, 2.05) is 12.1 Å². The third kappa shape index (κ3) is 4.50. The van der Waals surface area contributed by atoms with E-state index in [0.717, 1.165) is 18.7 Å². The maximum Gasteiger partial charge on any atom is 0.123 e. The summed E-state index contributed by atoms with van der Waals surface area (Å²) in [4.78, 5) is 2.36. The van der Waals surface area contributed by atoms with E-state index in [1.165, 1.54) is 24.8 Å². The first-order chi connectivity index (χ1) is 9.57. The normalized spacial score (nSPS) is 14.3. The second kappa shape index (κ2) is 8.28. The fourth-order valence-electron chi connectivity index (χ4n) is 2.48. The van der Waals surface area contributed by atoms with Crippen LogP contribution in [-0.4, -0.2) is 31.1 Å². The Labute approximate surface area is 124 Å². The van der Waals surface area contributed by atoms with Gasteiger partial charge in [0.1, 0.15) is 5.75 Å². The molecule has 0 fully saturated rings. The summed E-state index contributed by atoms with van der Waals surface area (Å²) < 4.78 is 5.43. The van der Waals surface area contributed by atoms with Crippen LogP contribution in [-0.2, 0) is 6.54 Å². The monoisotopic (exact) mass is 278 g/mol. The molecule has 0 amide bonds. The van der Waals surface area contributed by atoms with Gasteiger partial charge >= 0.3 is 0 Å². The van der Waals surface area contributed by atoms with Crippen LogP contribution in [0.25, 0.3) is 0 Å². The van der Waals surface area contributed by atoms with Gasteiger partial charge in [0.2, 0.25) is 0 Å². The first kappa shape index (κ1) is 17.0. The molecule has 1 rings (SSSR count). The summed E-state index contributed by atoms with van der Waals surface area (Å²) in [5.41, 5.74) is 7.31. The molecule has 0 heterocycles. The number of rotatable bonds is 9. The Morgan fingerprint density at radius 2 is 1.95 bits per heavy atom. The van der Waals surface area contributed by atoms with Crippen LogP contribution in [0.5, 0.6) is 5.75 Å². The number of nitrogens with zero attached hydrogens (tertiary/aromatic N) is 1. The minimum atomic E-state index is 0.0516. The van der Waals surface area contributed by atoms with Crippen molar-refractivity contribution in [3.63, 3.8) is 0 Å². The molecule has 1 aromatic carbocycles. The SMILES string of the molecule is CCCCCC(C)(CN)N(C)Cc1ccccc1OC. The second-order valence-corrected chi connectivity index (χ2v) is 5.83. The van der Waals surface area contributed by atoms with Gasteiger partial charge in [0.05, 0.1) is 7.11 Å². The number of likely N-dealkylation sites (N-methyl/N-ethyl adjacent to an activating group) is 1. The number of hydrogen-bond donors (Lipinski definition) is 1. The number of ether oxygens (including phenoxy) is 1. The highest BCUT2D eigenvalue weighted by Crippen LogP contribution is 2.25. The standard InChI is InChI=1S/C17H30N2O/c1-5-6-9-12-17(2,14-18)19(3)13-15-10-7-8-11-16(15)20-4/h7-8,10-11H,5-6,9,12-14,18H2,1-4H3.